The molecule has 2 heteroatoms. The van der Waals surface area contributed by atoms with Gasteiger partial charge in [0.15, 0.2) is 0 Å². The highest BCUT2D eigenvalue weighted by Crippen LogP contribution is 2.30. The Hall–Kier alpha value is -1.31. The van der Waals surface area contributed by atoms with Crippen molar-refractivity contribution in [3.63, 3.8) is 0 Å². The van der Waals surface area contributed by atoms with E-state index in [0.717, 1.165) is 24.2 Å². The van der Waals surface area contributed by atoms with E-state index in [1.54, 1.807) is 0 Å². The Morgan fingerprint density at radius 2 is 2.13 bits per heavy atom. The fourth-order valence-corrected chi connectivity index (χ4v) is 2.06. The number of hydrogen-bond acceptors (Lipinski definition) is 2. The Morgan fingerprint density at radius 1 is 1.40 bits per heavy atom. The second-order valence-electron chi connectivity index (χ2n) is 4.56. The van der Waals surface area contributed by atoms with Crippen LogP contribution in [0.25, 0.3) is 0 Å². The first-order valence-electron chi connectivity index (χ1n) is 5.46. The van der Waals surface area contributed by atoms with Crippen molar-refractivity contribution in [2.24, 2.45) is 11.8 Å². The van der Waals surface area contributed by atoms with Crippen LogP contribution in [-0.4, -0.2) is 5.97 Å². The van der Waals surface area contributed by atoms with Crippen LogP contribution in [0.1, 0.15) is 25.8 Å². The molecule has 0 N–H and O–H groups in total. The summed E-state index contributed by atoms with van der Waals surface area (Å²) in [4.78, 5) is 11.7. The molecule has 2 rings (SSSR count). The van der Waals surface area contributed by atoms with E-state index in [-0.39, 0.29) is 11.9 Å². The molecule has 1 aliphatic heterocycles. The van der Waals surface area contributed by atoms with Gasteiger partial charge in [0, 0.05) is 0 Å². The lowest BCUT2D eigenvalue weighted by Crippen LogP contribution is -2.28. The van der Waals surface area contributed by atoms with Crippen LogP contribution < -0.4 is 4.74 Å². The van der Waals surface area contributed by atoms with Gasteiger partial charge in [-0.25, -0.2) is 0 Å². The van der Waals surface area contributed by atoms with Gasteiger partial charge >= 0.3 is 5.97 Å². The highest BCUT2D eigenvalue weighted by Gasteiger charge is 2.28. The zero-order valence-electron chi connectivity index (χ0n) is 9.19. The van der Waals surface area contributed by atoms with Crippen LogP contribution >= 0.6 is 0 Å². The highest BCUT2D eigenvalue weighted by atomic mass is 16.5. The van der Waals surface area contributed by atoms with Crippen LogP contribution in [0.5, 0.6) is 5.75 Å². The van der Waals surface area contributed by atoms with E-state index in [2.05, 4.69) is 13.8 Å². The summed E-state index contributed by atoms with van der Waals surface area (Å²) in [6.45, 7) is 4.27. The third-order valence-corrected chi connectivity index (χ3v) is 2.74. The molecule has 0 saturated heterocycles. The van der Waals surface area contributed by atoms with Crippen molar-refractivity contribution >= 4 is 5.97 Å². The third-order valence-electron chi connectivity index (χ3n) is 2.74. The van der Waals surface area contributed by atoms with E-state index < -0.39 is 0 Å². The summed E-state index contributed by atoms with van der Waals surface area (Å²) in [5.41, 5.74) is 1.16. The Morgan fingerprint density at radius 3 is 2.87 bits per heavy atom. The molecule has 0 aromatic heterocycles. The molecule has 80 valence electrons. The minimum absolute atomic E-state index is 0.0416. The molecule has 0 spiro atoms. The summed E-state index contributed by atoms with van der Waals surface area (Å²) in [6, 6.07) is 7.78. The molecule has 2 nitrogen and oxygen atoms in total. The molecule has 1 aliphatic rings. The van der Waals surface area contributed by atoms with Gasteiger partial charge in [-0.2, -0.15) is 0 Å². The minimum Gasteiger partial charge on any atom is -0.426 e. The molecule has 1 unspecified atom stereocenters. The molecule has 0 amide bonds. The summed E-state index contributed by atoms with van der Waals surface area (Å²) in [5.74, 6) is 1.25. The normalized spacial score (nSPS) is 19.9. The van der Waals surface area contributed by atoms with Crippen molar-refractivity contribution in [2.45, 2.75) is 26.7 Å². The average Bonchev–Trinajstić information content (AvgIpc) is 2.18. The number of carbonyl (C=O) groups excluding carboxylic acids is 1. The maximum Gasteiger partial charge on any atom is 0.314 e. The first kappa shape index (κ1) is 10.2. The maximum atomic E-state index is 11.7. The molecule has 0 aliphatic carbocycles. The van der Waals surface area contributed by atoms with E-state index in [1.807, 2.05) is 24.3 Å². The zero-order valence-corrected chi connectivity index (χ0v) is 9.19. The second kappa shape index (κ2) is 4.05. The number of rotatable bonds is 2. The van der Waals surface area contributed by atoms with Gasteiger partial charge in [-0.1, -0.05) is 32.0 Å². The Labute approximate surface area is 90.3 Å². The van der Waals surface area contributed by atoms with Crippen LogP contribution in [0.4, 0.5) is 0 Å². The number of benzene rings is 1. The van der Waals surface area contributed by atoms with Crippen LogP contribution in [0.3, 0.4) is 0 Å². The number of carbonyl (C=O) groups is 1. The quantitative estimate of drug-likeness (QED) is 0.547. The summed E-state index contributed by atoms with van der Waals surface area (Å²) in [7, 11) is 0. The average molecular weight is 204 g/mol. The van der Waals surface area contributed by atoms with Gasteiger partial charge in [-0.05, 0) is 30.4 Å². The van der Waals surface area contributed by atoms with Crippen molar-refractivity contribution in [2.75, 3.05) is 0 Å². The first-order valence-corrected chi connectivity index (χ1v) is 5.46. The third kappa shape index (κ3) is 2.20. The maximum absolute atomic E-state index is 11.7. The molecular weight excluding hydrogens is 188 g/mol. The Bertz CT molecular complexity index is 369. The number of fused-ring (bicyclic) bond motifs is 1. The zero-order chi connectivity index (χ0) is 10.8. The van der Waals surface area contributed by atoms with Crippen LogP contribution in [0, 0.1) is 11.8 Å². The highest BCUT2D eigenvalue weighted by molar-refractivity contribution is 5.78. The largest absolute Gasteiger partial charge is 0.426 e. The summed E-state index contributed by atoms with van der Waals surface area (Å²) < 4.78 is 5.31. The summed E-state index contributed by atoms with van der Waals surface area (Å²) in [5, 5.41) is 0. The van der Waals surface area contributed by atoms with E-state index in [1.165, 1.54) is 0 Å². The van der Waals surface area contributed by atoms with Gasteiger partial charge in [0.25, 0.3) is 0 Å². The molecule has 15 heavy (non-hydrogen) atoms. The van der Waals surface area contributed by atoms with Gasteiger partial charge in [0.05, 0.1) is 5.92 Å². The topological polar surface area (TPSA) is 26.3 Å². The molecule has 1 aromatic rings. The molecule has 0 fully saturated rings. The molecule has 1 aromatic carbocycles. The fraction of sp³-hybridized carbons (Fsp3) is 0.462. The monoisotopic (exact) mass is 204 g/mol. The smallest absolute Gasteiger partial charge is 0.314 e. The Kier molecular flexibility index (Phi) is 2.76. The van der Waals surface area contributed by atoms with Gasteiger partial charge < -0.3 is 4.74 Å². The van der Waals surface area contributed by atoms with Gasteiger partial charge in [0.2, 0.25) is 0 Å². The molecule has 0 bridgehead atoms. The predicted molar refractivity (Wildman–Crippen MR) is 58.7 cm³/mol. The lowest BCUT2D eigenvalue weighted by atomic mass is 9.89. The Balaban J connectivity index is 2.18. The fourth-order valence-electron chi connectivity index (χ4n) is 2.06. The van der Waals surface area contributed by atoms with Crippen LogP contribution in [0.2, 0.25) is 0 Å². The van der Waals surface area contributed by atoms with Crippen molar-refractivity contribution in [1.82, 2.24) is 0 Å². The minimum atomic E-state index is -0.0672. The van der Waals surface area contributed by atoms with Crippen LogP contribution in [-0.2, 0) is 11.2 Å². The number of esters is 1. The summed E-state index contributed by atoms with van der Waals surface area (Å²) in [6.07, 6.45) is 1.74. The van der Waals surface area contributed by atoms with E-state index in [4.69, 9.17) is 4.74 Å². The standard InChI is InChI=1S/C13H16O2/c1-9(2)7-11-8-10-5-3-4-6-12(10)15-13(11)14/h3-6,9,11H,7-8H2,1-2H3. The van der Waals surface area contributed by atoms with Crippen molar-refractivity contribution in [1.29, 1.82) is 0 Å². The van der Waals surface area contributed by atoms with Crippen molar-refractivity contribution in [3.8, 4) is 5.75 Å². The predicted octanol–water partition coefficient (Wildman–Crippen LogP) is 2.81. The van der Waals surface area contributed by atoms with Gasteiger partial charge in [0.1, 0.15) is 5.75 Å². The number of ether oxygens (including phenoxy) is 1. The SMILES string of the molecule is CC(C)CC1Cc2ccccc2OC1=O. The number of hydrogen-bond donors (Lipinski definition) is 0. The van der Waals surface area contributed by atoms with E-state index >= 15 is 0 Å². The lowest BCUT2D eigenvalue weighted by Gasteiger charge is -2.24. The molecule has 1 heterocycles. The summed E-state index contributed by atoms with van der Waals surface area (Å²) >= 11 is 0. The van der Waals surface area contributed by atoms with Crippen molar-refractivity contribution < 1.29 is 9.53 Å². The number of para-hydroxylation sites is 1. The van der Waals surface area contributed by atoms with Gasteiger partial charge in [-0.3, -0.25) is 4.79 Å². The van der Waals surface area contributed by atoms with Crippen molar-refractivity contribution in [3.05, 3.63) is 29.8 Å². The van der Waals surface area contributed by atoms with Crippen LogP contribution in [0.15, 0.2) is 24.3 Å². The molecule has 0 radical (unpaired) electrons. The van der Waals surface area contributed by atoms with E-state index in [0.29, 0.717) is 5.92 Å². The molecule has 0 saturated carbocycles. The second-order valence-corrected chi connectivity index (χ2v) is 4.56. The molecule has 1 atom stereocenters. The first-order chi connectivity index (χ1) is 7.16. The lowest BCUT2D eigenvalue weighted by molar-refractivity contribution is -0.140. The van der Waals surface area contributed by atoms with Gasteiger partial charge in [-0.15, -0.1) is 0 Å². The van der Waals surface area contributed by atoms with E-state index in [9.17, 15) is 4.79 Å². The molecular formula is C13H16O2.